The lowest BCUT2D eigenvalue weighted by molar-refractivity contribution is -0.112. The standard InChI is InChI=1S/C16H10Br2N2O2/c17-13-7-10(8-14(18)15(13)21)6-11(9-19)16(22)20-12-4-2-1-3-5-12/h1-8,21H,(H,20,22). The summed E-state index contributed by atoms with van der Waals surface area (Å²) in [6, 6.07) is 14.0. The van der Waals surface area contributed by atoms with Crippen LogP contribution in [0.25, 0.3) is 6.08 Å². The van der Waals surface area contributed by atoms with Gasteiger partial charge >= 0.3 is 0 Å². The molecule has 0 aliphatic carbocycles. The molecule has 0 unspecified atom stereocenters. The molecule has 4 nitrogen and oxygen atoms in total. The Morgan fingerprint density at radius 3 is 2.32 bits per heavy atom. The Balaban J connectivity index is 2.28. The van der Waals surface area contributed by atoms with Crippen LogP contribution in [-0.4, -0.2) is 11.0 Å². The van der Waals surface area contributed by atoms with Crippen LogP contribution < -0.4 is 5.32 Å². The molecule has 2 N–H and O–H groups in total. The number of nitrogens with zero attached hydrogens (tertiary/aromatic N) is 1. The summed E-state index contributed by atoms with van der Waals surface area (Å²) in [4.78, 5) is 12.1. The number of benzene rings is 2. The quantitative estimate of drug-likeness (QED) is 0.567. The number of amides is 1. The summed E-state index contributed by atoms with van der Waals surface area (Å²) >= 11 is 6.41. The molecular formula is C16H10Br2N2O2. The number of halogens is 2. The molecule has 0 spiro atoms. The molecule has 0 bridgehead atoms. The number of rotatable bonds is 3. The van der Waals surface area contributed by atoms with E-state index in [0.717, 1.165) is 0 Å². The van der Waals surface area contributed by atoms with Crippen molar-refractivity contribution in [1.29, 1.82) is 5.26 Å². The van der Waals surface area contributed by atoms with Crippen LogP contribution in [0.3, 0.4) is 0 Å². The molecule has 0 radical (unpaired) electrons. The summed E-state index contributed by atoms with van der Waals surface area (Å²) < 4.78 is 0.933. The Kier molecular flexibility index (Phi) is 5.36. The zero-order valence-electron chi connectivity index (χ0n) is 11.2. The van der Waals surface area contributed by atoms with Gasteiger partial charge in [0.25, 0.3) is 5.91 Å². The monoisotopic (exact) mass is 420 g/mol. The van der Waals surface area contributed by atoms with Gasteiger partial charge in [-0.15, -0.1) is 0 Å². The fourth-order valence-electron chi connectivity index (χ4n) is 1.70. The normalized spacial score (nSPS) is 10.9. The molecule has 2 aromatic carbocycles. The maximum absolute atomic E-state index is 12.1. The molecule has 0 saturated carbocycles. The highest BCUT2D eigenvalue weighted by atomic mass is 79.9. The van der Waals surface area contributed by atoms with Gasteiger partial charge < -0.3 is 10.4 Å². The molecule has 2 aromatic rings. The second-order valence-corrected chi connectivity index (χ2v) is 6.03. The Hall–Kier alpha value is -2.10. The number of carbonyl (C=O) groups excluding carboxylic acids is 1. The topological polar surface area (TPSA) is 73.1 Å². The Labute approximate surface area is 144 Å². The van der Waals surface area contributed by atoms with E-state index in [1.54, 1.807) is 36.4 Å². The summed E-state index contributed by atoms with van der Waals surface area (Å²) in [5, 5.41) is 21.5. The first-order valence-corrected chi connectivity index (χ1v) is 7.76. The smallest absolute Gasteiger partial charge is 0.266 e. The Morgan fingerprint density at radius 1 is 1.18 bits per heavy atom. The summed E-state index contributed by atoms with van der Waals surface area (Å²) in [6.45, 7) is 0. The summed E-state index contributed by atoms with van der Waals surface area (Å²) in [5.41, 5.74) is 1.19. The van der Waals surface area contributed by atoms with Crippen molar-refractivity contribution in [3.63, 3.8) is 0 Å². The molecule has 2 rings (SSSR count). The molecule has 0 atom stereocenters. The fraction of sp³-hybridized carbons (Fsp3) is 0. The van der Waals surface area contributed by atoms with Crippen molar-refractivity contribution in [1.82, 2.24) is 0 Å². The average Bonchev–Trinajstić information content (AvgIpc) is 2.51. The summed E-state index contributed by atoms with van der Waals surface area (Å²) in [7, 11) is 0. The highest BCUT2D eigenvalue weighted by molar-refractivity contribution is 9.11. The van der Waals surface area contributed by atoms with Crippen molar-refractivity contribution in [3.8, 4) is 11.8 Å². The van der Waals surface area contributed by atoms with E-state index in [-0.39, 0.29) is 11.3 Å². The first-order chi connectivity index (χ1) is 10.5. The van der Waals surface area contributed by atoms with E-state index in [2.05, 4.69) is 37.2 Å². The summed E-state index contributed by atoms with van der Waals surface area (Å²) in [6.07, 6.45) is 1.45. The molecule has 0 aliphatic heterocycles. The molecule has 0 aliphatic rings. The lowest BCUT2D eigenvalue weighted by Crippen LogP contribution is -2.13. The first-order valence-electron chi connectivity index (χ1n) is 6.17. The van der Waals surface area contributed by atoms with E-state index < -0.39 is 5.91 Å². The van der Waals surface area contributed by atoms with E-state index in [9.17, 15) is 15.2 Å². The van der Waals surface area contributed by atoms with Gasteiger partial charge in [0, 0.05) is 5.69 Å². The Bertz CT molecular complexity index is 757. The van der Waals surface area contributed by atoms with Gasteiger partial charge in [-0.25, -0.2) is 0 Å². The van der Waals surface area contributed by atoms with E-state index in [4.69, 9.17) is 0 Å². The SMILES string of the molecule is N#CC(=Cc1cc(Br)c(O)c(Br)c1)C(=O)Nc1ccccc1. The number of hydrogen-bond donors (Lipinski definition) is 2. The number of phenols is 1. The minimum Gasteiger partial charge on any atom is -0.506 e. The maximum atomic E-state index is 12.1. The van der Waals surface area contributed by atoms with Crippen LogP contribution in [0.2, 0.25) is 0 Å². The van der Waals surface area contributed by atoms with Gasteiger partial charge in [-0.1, -0.05) is 18.2 Å². The molecule has 22 heavy (non-hydrogen) atoms. The van der Waals surface area contributed by atoms with E-state index in [0.29, 0.717) is 20.2 Å². The van der Waals surface area contributed by atoms with Gasteiger partial charge in [0.15, 0.2) is 0 Å². The molecule has 0 aromatic heterocycles. The highest BCUT2D eigenvalue weighted by Gasteiger charge is 2.11. The van der Waals surface area contributed by atoms with Crippen LogP contribution in [0.15, 0.2) is 57.0 Å². The predicted molar refractivity (Wildman–Crippen MR) is 92.2 cm³/mol. The number of phenolic OH excluding ortho intramolecular Hbond substituents is 1. The van der Waals surface area contributed by atoms with Crippen molar-refractivity contribution < 1.29 is 9.90 Å². The van der Waals surface area contributed by atoms with Crippen molar-refractivity contribution in [2.75, 3.05) is 5.32 Å². The lowest BCUT2D eigenvalue weighted by Gasteiger charge is -2.05. The van der Waals surface area contributed by atoms with Gasteiger partial charge in [-0.3, -0.25) is 4.79 Å². The molecule has 1 amide bonds. The second kappa shape index (κ2) is 7.25. The van der Waals surface area contributed by atoms with Crippen molar-refractivity contribution in [3.05, 3.63) is 62.5 Å². The van der Waals surface area contributed by atoms with Crippen molar-refractivity contribution in [2.24, 2.45) is 0 Å². The van der Waals surface area contributed by atoms with Gasteiger partial charge in [0.05, 0.1) is 8.95 Å². The third kappa shape index (κ3) is 3.97. The minimum absolute atomic E-state index is 0.0339. The molecular weight excluding hydrogens is 412 g/mol. The molecule has 0 heterocycles. The highest BCUT2D eigenvalue weighted by Crippen LogP contribution is 2.34. The van der Waals surface area contributed by atoms with Gasteiger partial charge in [0.1, 0.15) is 17.4 Å². The van der Waals surface area contributed by atoms with Crippen LogP contribution in [0.4, 0.5) is 5.69 Å². The van der Waals surface area contributed by atoms with Crippen molar-refractivity contribution in [2.45, 2.75) is 0 Å². The molecule has 6 heteroatoms. The third-order valence-electron chi connectivity index (χ3n) is 2.75. The number of aromatic hydroxyl groups is 1. The largest absolute Gasteiger partial charge is 0.506 e. The number of hydrogen-bond acceptors (Lipinski definition) is 3. The minimum atomic E-state index is -0.492. The molecule has 0 fully saturated rings. The summed E-state index contributed by atoms with van der Waals surface area (Å²) in [5.74, 6) is -0.432. The fourth-order valence-corrected chi connectivity index (χ4v) is 2.93. The Morgan fingerprint density at radius 2 is 1.77 bits per heavy atom. The third-order valence-corrected chi connectivity index (χ3v) is 3.96. The number of nitriles is 1. The van der Waals surface area contributed by atoms with Crippen LogP contribution in [0.1, 0.15) is 5.56 Å². The van der Waals surface area contributed by atoms with E-state index in [1.165, 1.54) is 6.08 Å². The van der Waals surface area contributed by atoms with Crippen LogP contribution in [0, 0.1) is 11.3 Å². The van der Waals surface area contributed by atoms with Gasteiger partial charge in [0.2, 0.25) is 0 Å². The number of anilines is 1. The number of para-hydroxylation sites is 1. The average molecular weight is 422 g/mol. The first kappa shape index (κ1) is 16.3. The lowest BCUT2D eigenvalue weighted by atomic mass is 10.1. The zero-order chi connectivity index (χ0) is 16.1. The number of nitrogens with one attached hydrogen (secondary N) is 1. The second-order valence-electron chi connectivity index (χ2n) is 4.32. The van der Waals surface area contributed by atoms with E-state index >= 15 is 0 Å². The maximum Gasteiger partial charge on any atom is 0.266 e. The van der Waals surface area contributed by atoms with Gasteiger partial charge in [-0.2, -0.15) is 5.26 Å². The zero-order valence-corrected chi connectivity index (χ0v) is 14.3. The number of carbonyl (C=O) groups is 1. The van der Waals surface area contributed by atoms with Crippen molar-refractivity contribution >= 4 is 49.5 Å². The van der Waals surface area contributed by atoms with Crippen LogP contribution in [0.5, 0.6) is 5.75 Å². The molecule has 0 saturated heterocycles. The van der Waals surface area contributed by atoms with E-state index in [1.807, 2.05) is 12.1 Å². The van der Waals surface area contributed by atoms with Crippen LogP contribution in [-0.2, 0) is 4.79 Å². The van der Waals surface area contributed by atoms with Gasteiger partial charge in [-0.05, 0) is 67.8 Å². The molecule has 110 valence electrons. The van der Waals surface area contributed by atoms with Crippen LogP contribution >= 0.6 is 31.9 Å². The predicted octanol–water partition coefficient (Wildman–Crippen LogP) is 4.46.